The molecule has 1 aromatic carbocycles. The summed E-state index contributed by atoms with van der Waals surface area (Å²) in [6.45, 7) is 1.64. The standard InChI is InChI=1S/C21H13ClF3N5O2/c1-11-27-18(15-4-2-3-9-26-15)29-20(28-11)30-19(31)17-8-7-16(32-17)13-6-5-12(10-14(13)22)21(23,24)25/h2-10H,1H3,(H,27,28,29,30,31). The van der Waals surface area contributed by atoms with E-state index >= 15 is 0 Å². The smallest absolute Gasteiger partial charge is 0.416 e. The molecule has 7 nitrogen and oxygen atoms in total. The summed E-state index contributed by atoms with van der Waals surface area (Å²) in [5.41, 5.74) is -0.164. The number of carbonyl (C=O) groups excluding carboxylic acids is 1. The van der Waals surface area contributed by atoms with Crippen LogP contribution < -0.4 is 5.32 Å². The molecule has 0 atom stereocenters. The predicted octanol–water partition coefficient (Wildman–Crippen LogP) is 5.43. The van der Waals surface area contributed by atoms with Crippen molar-refractivity contribution in [1.82, 2.24) is 19.9 Å². The fraction of sp³-hybridized carbons (Fsp3) is 0.0952. The first-order valence-corrected chi connectivity index (χ1v) is 9.51. The van der Waals surface area contributed by atoms with Gasteiger partial charge in [-0.25, -0.2) is 4.98 Å². The van der Waals surface area contributed by atoms with E-state index in [1.807, 2.05) is 0 Å². The molecule has 0 aliphatic carbocycles. The number of amides is 1. The Hall–Kier alpha value is -3.79. The van der Waals surface area contributed by atoms with Crippen LogP contribution in [-0.4, -0.2) is 25.8 Å². The summed E-state index contributed by atoms with van der Waals surface area (Å²) in [4.78, 5) is 29.2. The minimum atomic E-state index is -4.52. The van der Waals surface area contributed by atoms with Crippen molar-refractivity contribution < 1.29 is 22.4 Å². The Morgan fingerprint density at radius 2 is 1.88 bits per heavy atom. The average molecular weight is 460 g/mol. The second kappa shape index (κ2) is 8.39. The lowest BCUT2D eigenvalue weighted by Crippen LogP contribution is -2.15. The number of halogens is 4. The van der Waals surface area contributed by atoms with Crippen LogP contribution in [0.1, 0.15) is 21.9 Å². The molecule has 1 amide bonds. The number of furan rings is 1. The van der Waals surface area contributed by atoms with Gasteiger partial charge in [-0.15, -0.1) is 0 Å². The maximum Gasteiger partial charge on any atom is 0.416 e. The molecule has 4 rings (SSSR count). The first-order chi connectivity index (χ1) is 15.2. The van der Waals surface area contributed by atoms with Gasteiger partial charge < -0.3 is 4.42 Å². The Balaban J connectivity index is 1.56. The third kappa shape index (κ3) is 4.59. The van der Waals surface area contributed by atoms with Gasteiger partial charge in [-0.05, 0) is 49.4 Å². The molecule has 0 saturated heterocycles. The topological polar surface area (TPSA) is 93.8 Å². The number of rotatable bonds is 4. The molecule has 0 radical (unpaired) electrons. The van der Waals surface area contributed by atoms with Crippen molar-refractivity contribution in [2.45, 2.75) is 13.1 Å². The number of nitrogens with one attached hydrogen (secondary N) is 1. The molecule has 3 heterocycles. The molecule has 0 fully saturated rings. The Morgan fingerprint density at radius 1 is 1.06 bits per heavy atom. The summed E-state index contributed by atoms with van der Waals surface area (Å²) in [6.07, 6.45) is -2.93. The molecule has 1 N–H and O–H groups in total. The van der Waals surface area contributed by atoms with Crippen LogP contribution in [0.3, 0.4) is 0 Å². The zero-order valence-corrected chi connectivity index (χ0v) is 17.1. The van der Waals surface area contributed by atoms with Crippen LogP contribution in [0, 0.1) is 6.92 Å². The number of benzene rings is 1. The Morgan fingerprint density at radius 3 is 2.56 bits per heavy atom. The molecule has 0 spiro atoms. The van der Waals surface area contributed by atoms with Gasteiger partial charge in [-0.2, -0.15) is 23.1 Å². The van der Waals surface area contributed by atoms with Crippen LogP contribution in [0.5, 0.6) is 0 Å². The zero-order valence-electron chi connectivity index (χ0n) is 16.3. The van der Waals surface area contributed by atoms with Crippen molar-refractivity contribution in [2.75, 3.05) is 5.32 Å². The number of nitrogens with zero attached hydrogens (tertiary/aromatic N) is 4. The molecule has 3 aromatic heterocycles. The summed E-state index contributed by atoms with van der Waals surface area (Å²) in [7, 11) is 0. The molecule has 32 heavy (non-hydrogen) atoms. The largest absolute Gasteiger partial charge is 0.451 e. The predicted molar refractivity (Wildman–Crippen MR) is 110 cm³/mol. The SMILES string of the molecule is Cc1nc(NC(=O)c2ccc(-c3ccc(C(F)(F)F)cc3Cl)o2)nc(-c2ccccn2)n1. The van der Waals surface area contributed by atoms with Gasteiger partial charge in [-0.1, -0.05) is 17.7 Å². The summed E-state index contributed by atoms with van der Waals surface area (Å²) in [5, 5.41) is 2.36. The number of hydrogen-bond donors (Lipinski definition) is 1. The summed E-state index contributed by atoms with van der Waals surface area (Å²) in [5.74, 6) is 0.0199. The molecule has 0 aliphatic heterocycles. The molecular weight excluding hydrogens is 447 g/mol. The quantitative estimate of drug-likeness (QED) is 0.437. The van der Waals surface area contributed by atoms with Crippen molar-refractivity contribution in [1.29, 1.82) is 0 Å². The highest BCUT2D eigenvalue weighted by atomic mass is 35.5. The second-order valence-corrected chi connectivity index (χ2v) is 6.96. The van der Waals surface area contributed by atoms with Gasteiger partial charge in [0.1, 0.15) is 17.3 Å². The number of aryl methyl sites for hydroxylation is 1. The number of pyridine rings is 1. The molecule has 0 saturated carbocycles. The Labute approximate surface area is 184 Å². The van der Waals surface area contributed by atoms with Crippen molar-refractivity contribution >= 4 is 23.5 Å². The van der Waals surface area contributed by atoms with Gasteiger partial charge in [0.15, 0.2) is 11.6 Å². The minimum Gasteiger partial charge on any atom is -0.451 e. The molecule has 4 aromatic rings. The number of aromatic nitrogens is 4. The highest BCUT2D eigenvalue weighted by molar-refractivity contribution is 6.33. The third-order valence-electron chi connectivity index (χ3n) is 4.26. The van der Waals surface area contributed by atoms with Crippen LogP contribution in [-0.2, 0) is 6.18 Å². The van der Waals surface area contributed by atoms with E-state index in [4.69, 9.17) is 16.0 Å². The summed E-state index contributed by atoms with van der Waals surface area (Å²) >= 11 is 5.99. The van der Waals surface area contributed by atoms with Gasteiger partial charge in [0, 0.05) is 11.8 Å². The van der Waals surface area contributed by atoms with Crippen LogP contribution in [0.2, 0.25) is 5.02 Å². The molecule has 11 heteroatoms. The fourth-order valence-corrected chi connectivity index (χ4v) is 3.08. The maximum absolute atomic E-state index is 12.8. The van der Waals surface area contributed by atoms with Crippen LogP contribution >= 0.6 is 11.6 Å². The average Bonchev–Trinajstić information content (AvgIpc) is 3.23. The van der Waals surface area contributed by atoms with Crippen molar-refractivity contribution in [3.05, 3.63) is 76.9 Å². The highest BCUT2D eigenvalue weighted by Crippen LogP contribution is 2.36. The van der Waals surface area contributed by atoms with Gasteiger partial charge >= 0.3 is 6.18 Å². The molecule has 0 unspecified atom stereocenters. The van der Waals surface area contributed by atoms with E-state index < -0.39 is 17.6 Å². The lowest BCUT2D eigenvalue weighted by Gasteiger charge is -2.08. The molecule has 0 aliphatic rings. The lowest BCUT2D eigenvalue weighted by molar-refractivity contribution is -0.137. The van der Waals surface area contributed by atoms with Crippen molar-refractivity contribution in [2.24, 2.45) is 0 Å². The first kappa shape index (κ1) is 21.4. The van der Waals surface area contributed by atoms with Crippen LogP contribution in [0.15, 0.2) is 59.1 Å². The Bertz CT molecular complexity index is 1290. The minimum absolute atomic E-state index is 0.00587. The highest BCUT2D eigenvalue weighted by Gasteiger charge is 2.31. The van der Waals surface area contributed by atoms with Gasteiger partial charge in [0.2, 0.25) is 5.95 Å². The summed E-state index contributed by atoms with van der Waals surface area (Å²) < 4.78 is 44.0. The van der Waals surface area contributed by atoms with Crippen LogP contribution in [0.4, 0.5) is 19.1 Å². The normalized spacial score (nSPS) is 11.4. The molecular formula is C21H13ClF3N5O2. The first-order valence-electron chi connectivity index (χ1n) is 9.13. The van der Waals surface area contributed by atoms with Crippen molar-refractivity contribution in [3.63, 3.8) is 0 Å². The van der Waals surface area contributed by atoms with E-state index in [-0.39, 0.29) is 33.9 Å². The monoisotopic (exact) mass is 459 g/mol. The van der Waals surface area contributed by atoms with E-state index in [2.05, 4.69) is 25.3 Å². The van der Waals surface area contributed by atoms with Crippen LogP contribution in [0.25, 0.3) is 22.8 Å². The van der Waals surface area contributed by atoms with Gasteiger partial charge in [0.05, 0.1) is 10.6 Å². The zero-order chi connectivity index (χ0) is 22.9. The Kier molecular flexibility index (Phi) is 5.62. The second-order valence-electron chi connectivity index (χ2n) is 6.56. The molecule has 0 bridgehead atoms. The van der Waals surface area contributed by atoms with Crippen molar-refractivity contribution in [3.8, 4) is 22.8 Å². The molecule has 162 valence electrons. The lowest BCUT2D eigenvalue weighted by atomic mass is 10.1. The number of carbonyl (C=O) groups is 1. The number of hydrogen-bond acceptors (Lipinski definition) is 6. The number of anilines is 1. The van der Waals surface area contributed by atoms with E-state index in [1.54, 1.807) is 31.3 Å². The fourth-order valence-electron chi connectivity index (χ4n) is 2.81. The van der Waals surface area contributed by atoms with Gasteiger partial charge in [-0.3, -0.25) is 15.1 Å². The van der Waals surface area contributed by atoms with E-state index in [9.17, 15) is 18.0 Å². The van der Waals surface area contributed by atoms with E-state index in [1.165, 1.54) is 18.2 Å². The number of alkyl halides is 3. The third-order valence-corrected chi connectivity index (χ3v) is 4.57. The van der Waals surface area contributed by atoms with E-state index in [0.717, 1.165) is 12.1 Å². The van der Waals surface area contributed by atoms with Gasteiger partial charge in [0.25, 0.3) is 5.91 Å². The maximum atomic E-state index is 12.8. The van der Waals surface area contributed by atoms with E-state index in [0.29, 0.717) is 11.5 Å². The summed E-state index contributed by atoms with van der Waals surface area (Å²) in [6, 6.07) is 10.9.